The van der Waals surface area contributed by atoms with E-state index in [1.54, 1.807) is 22.6 Å². The topological polar surface area (TPSA) is 75.4 Å². The summed E-state index contributed by atoms with van der Waals surface area (Å²) >= 11 is 1.72. The normalized spacial score (nSPS) is 22.4. The average molecular weight is 366 g/mol. The summed E-state index contributed by atoms with van der Waals surface area (Å²) in [6.07, 6.45) is 1.11. The average Bonchev–Trinajstić information content (AvgIpc) is 2.26. The van der Waals surface area contributed by atoms with E-state index in [1.165, 1.54) is 6.07 Å². The summed E-state index contributed by atoms with van der Waals surface area (Å²) in [6.45, 7) is 0.512. The summed E-state index contributed by atoms with van der Waals surface area (Å²) < 4.78 is 13.6. The highest BCUT2D eigenvalue weighted by atomic mass is 127. The predicted octanol–water partition coefficient (Wildman–Crippen LogP) is 2.52. The lowest BCUT2D eigenvalue weighted by Crippen LogP contribution is -2.33. The highest BCUT2D eigenvalue weighted by Gasteiger charge is 2.27. The number of halogens is 2. The Hall–Kier alpha value is -0.960. The van der Waals surface area contributed by atoms with Gasteiger partial charge >= 0.3 is 0 Å². The maximum atomic E-state index is 13.4. The first-order chi connectivity index (χ1) is 8.47. The highest BCUT2D eigenvalue weighted by molar-refractivity contribution is 14.1. The van der Waals surface area contributed by atoms with Gasteiger partial charge in [-0.05, 0) is 41.4 Å². The van der Waals surface area contributed by atoms with E-state index in [-0.39, 0.29) is 21.0 Å². The summed E-state index contributed by atoms with van der Waals surface area (Å²) in [4.78, 5) is 10.3. The van der Waals surface area contributed by atoms with Crippen molar-refractivity contribution < 1.29 is 14.4 Å². The molecule has 0 radical (unpaired) electrons. The van der Waals surface area contributed by atoms with Crippen molar-refractivity contribution in [2.45, 2.75) is 18.9 Å². The lowest BCUT2D eigenvalue weighted by Gasteiger charge is -2.31. The number of nitrogens with one attached hydrogen (secondary N) is 1. The van der Waals surface area contributed by atoms with Gasteiger partial charge < -0.3 is 10.4 Å². The third-order valence-corrected chi connectivity index (χ3v) is 3.85. The van der Waals surface area contributed by atoms with Crippen molar-refractivity contribution in [3.05, 3.63) is 31.6 Å². The lowest BCUT2D eigenvalue weighted by molar-refractivity contribution is -0.384. The Labute approximate surface area is 117 Å². The zero-order valence-corrected chi connectivity index (χ0v) is 11.6. The fourth-order valence-electron chi connectivity index (χ4n) is 1.95. The van der Waals surface area contributed by atoms with Gasteiger partial charge in [-0.15, -0.1) is 0 Å². The first kappa shape index (κ1) is 13.5. The predicted molar refractivity (Wildman–Crippen MR) is 73.0 cm³/mol. The second-order valence-electron chi connectivity index (χ2n) is 4.41. The van der Waals surface area contributed by atoms with Gasteiger partial charge in [-0.2, -0.15) is 0 Å². The van der Waals surface area contributed by atoms with Gasteiger partial charge in [-0.25, -0.2) is 4.39 Å². The van der Waals surface area contributed by atoms with Gasteiger partial charge in [0, 0.05) is 18.7 Å². The Morgan fingerprint density at radius 3 is 2.78 bits per heavy atom. The second-order valence-corrected chi connectivity index (χ2v) is 5.57. The van der Waals surface area contributed by atoms with Crippen molar-refractivity contribution in [2.75, 3.05) is 11.9 Å². The molecule has 1 saturated carbocycles. The maximum absolute atomic E-state index is 13.4. The molecule has 0 bridgehead atoms. The van der Waals surface area contributed by atoms with Gasteiger partial charge in [-0.3, -0.25) is 10.1 Å². The van der Waals surface area contributed by atoms with E-state index in [2.05, 4.69) is 5.32 Å². The molecule has 98 valence electrons. The number of hydrogen-bond donors (Lipinski definition) is 2. The molecule has 0 amide bonds. The zero-order valence-electron chi connectivity index (χ0n) is 9.40. The van der Waals surface area contributed by atoms with Crippen LogP contribution in [0.1, 0.15) is 12.8 Å². The van der Waals surface area contributed by atoms with Crippen LogP contribution in [0.25, 0.3) is 0 Å². The fourth-order valence-corrected chi connectivity index (χ4v) is 2.40. The minimum Gasteiger partial charge on any atom is -0.393 e. The van der Waals surface area contributed by atoms with Gasteiger partial charge in [-0.1, -0.05) is 0 Å². The van der Waals surface area contributed by atoms with Crippen LogP contribution >= 0.6 is 22.6 Å². The Bertz CT molecular complexity index is 478. The quantitative estimate of drug-likeness (QED) is 0.488. The van der Waals surface area contributed by atoms with Gasteiger partial charge in [0.15, 0.2) is 0 Å². The molecule has 7 heteroatoms. The van der Waals surface area contributed by atoms with Gasteiger partial charge in [0.05, 0.1) is 14.6 Å². The molecule has 5 nitrogen and oxygen atoms in total. The molecule has 1 fully saturated rings. The van der Waals surface area contributed by atoms with Gasteiger partial charge in [0.25, 0.3) is 5.69 Å². The van der Waals surface area contributed by atoms with E-state index in [4.69, 9.17) is 5.11 Å². The van der Waals surface area contributed by atoms with Crippen LogP contribution in [-0.4, -0.2) is 22.7 Å². The van der Waals surface area contributed by atoms with E-state index in [0.29, 0.717) is 25.3 Å². The molecule has 0 unspecified atom stereocenters. The molecule has 1 aliphatic carbocycles. The lowest BCUT2D eigenvalue weighted by atomic mass is 9.82. The third kappa shape index (κ3) is 2.89. The summed E-state index contributed by atoms with van der Waals surface area (Å²) in [7, 11) is 0. The van der Waals surface area contributed by atoms with Crippen molar-refractivity contribution in [3.63, 3.8) is 0 Å². The molecule has 1 aromatic rings. The number of aliphatic hydroxyl groups is 1. The first-order valence-corrected chi connectivity index (χ1v) is 6.60. The van der Waals surface area contributed by atoms with Crippen LogP contribution in [0.4, 0.5) is 15.8 Å². The van der Waals surface area contributed by atoms with Crippen molar-refractivity contribution in [3.8, 4) is 0 Å². The number of benzene rings is 1. The van der Waals surface area contributed by atoms with E-state index in [9.17, 15) is 14.5 Å². The van der Waals surface area contributed by atoms with E-state index >= 15 is 0 Å². The molecule has 2 rings (SSSR count). The van der Waals surface area contributed by atoms with Crippen LogP contribution in [0.2, 0.25) is 0 Å². The number of nitrogens with zero attached hydrogens (tertiary/aromatic N) is 1. The van der Waals surface area contributed by atoms with Crippen LogP contribution in [0, 0.1) is 25.4 Å². The molecule has 0 heterocycles. The number of hydrogen-bond acceptors (Lipinski definition) is 4. The van der Waals surface area contributed by atoms with Crippen molar-refractivity contribution in [2.24, 2.45) is 5.92 Å². The smallest absolute Gasteiger partial charge is 0.293 e. The number of nitro benzene ring substituents is 1. The Morgan fingerprint density at radius 2 is 2.22 bits per heavy atom. The monoisotopic (exact) mass is 366 g/mol. The summed E-state index contributed by atoms with van der Waals surface area (Å²) in [6, 6.07) is 2.36. The van der Waals surface area contributed by atoms with Crippen LogP contribution < -0.4 is 5.32 Å². The summed E-state index contributed by atoms with van der Waals surface area (Å²) in [5.74, 6) is -0.181. The minimum atomic E-state index is -0.528. The van der Waals surface area contributed by atoms with Crippen molar-refractivity contribution >= 4 is 34.0 Å². The SMILES string of the molecule is O=[N+]([O-])c1cc(I)c(F)cc1NCC1CC(O)C1. The maximum Gasteiger partial charge on any atom is 0.293 e. The molecule has 0 aliphatic heterocycles. The molecule has 0 spiro atoms. The van der Waals surface area contributed by atoms with Crippen LogP contribution in [0.5, 0.6) is 0 Å². The zero-order chi connectivity index (χ0) is 13.3. The molecule has 1 aliphatic rings. The molecule has 1 aromatic carbocycles. The van der Waals surface area contributed by atoms with Crippen LogP contribution in [0.3, 0.4) is 0 Å². The van der Waals surface area contributed by atoms with Crippen LogP contribution in [-0.2, 0) is 0 Å². The third-order valence-electron chi connectivity index (χ3n) is 3.03. The van der Waals surface area contributed by atoms with Gasteiger partial charge in [0.1, 0.15) is 11.5 Å². The van der Waals surface area contributed by atoms with Crippen molar-refractivity contribution in [1.82, 2.24) is 0 Å². The largest absolute Gasteiger partial charge is 0.393 e. The number of anilines is 1. The molecule has 18 heavy (non-hydrogen) atoms. The molecule has 0 saturated heterocycles. The Morgan fingerprint density at radius 1 is 1.56 bits per heavy atom. The molecular formula is C11H12FIN2O3. The Balaban J connectivity index is 2.10. The van der Waals surface area contributed by atoms with E-state index in [0.717, 1.165) is 6.07 Å². The fraction of sp³-hybridized carbons (Fsp3) is 0.455. The first-order valence-electron chi connectivity index (χ1n) is 5.52. The second kappa shape index (κ2) is 5.35. The minimum absolute atomic E-state index is 0.124. The summed E-state index contributed by atoms with van der Waals surface area (Å²) in [5, 5.41) is 22.9. The highest BCUT2D eigenvalue weighted by Crippen LogP contribution is 2.31. The number of aliphatic hydroxyl groups excluding tert-OH is 1. The Kier molecular flexibility index (Phi) is 4.00. The molecular weight excluding hydrogens is 354 g/mol. The van der Waals surface area contributed by atoms with Crippen LogP contribution in [0.15, 0.2) is 12.1 Å². The van der Waals surface area contributed by atoms with E-state index in [1.807, 2.05) is 0 Å². The van der Waals surface area contributed by atoms with Gasteiger partial charge in [0.2, 0.25) is 0 Å². The molecule has 0 aromatic heterocycles. The van der Waals surface area contributed by atoms with Crippen molar-refractivity contribution in [1.29, 1.82) is 0 Å². The molecule has 0 atom stereocenters. The summed E-state index contributed by atoms with van der Waals surface area (Å²) in [5.41, 5.74) is 0.0694. The number of rotatable bonds is 4. The number of nitro groups is 1. The van der Waals surface area contributed by atoms with E-state index < -0.39 is 10.7 Å². The molecule has 2 N–H and O–H groups in total. The standard InChI is InChI=1S/C11H12FIN2O3/c12-8-3-10(11(15(17)18)4-9(8)13)14-5-6-1-7(16)2-6/h3-4,6-7,14,16H,1-2,5H2.